The number of carbonyl (C=O) groups is 3. The summed E-state index contributed by atoms with van der Waals surface area (Å²) in [6.07, 6.45) is 1.42. The van der Waals surface area contributed by atoms with Gasteiger partial charge in [-0.1, -0.05) is 0 Å². The highest BCUT2D eigenvalue weighted by Gasteiger charge is 2.25. The van der Waals surface area contributed by atoms with Crippen molar-refractivity contribution in [2.75, 3.05) is 6.54 Å². The molecule has 1 aliphatic rings. The molecule has 0 aromatic carbocycles. The van der Waals surface area contributed by atoms with E-state index in [1.54, 1.807) is 0 Å². The van der Waals surface area contributed by atoms with Gasteiger partial charge in [0.25, 0.3) is 0 Å². The minimum atomic E-state index is -1.37. The van der Waals surface area contributed by atoms with Crippen LogP contribution in [0.2, 0.25) is 0 Å². The quantitative estimate of drug-likeness (QED) is 0.436. The molecule has 90 valence electrons. The van der Waals surface area contributed by atoms with Crippen LogP contribution < -0.4 is 10.6 Å². The Balaban J connectivity index is 2.30. The lowest BCUT2D eigenvalue weighted by Crippen LogP contribution is -2.45. The van der Waals surface area contributed by atoms with E-state index in [4.69, 9.17) is 10.2 Å². The van der Waals surface area contributed by atoms with Crippen molar-refractivity contribution in [2.45, 2.75) is 31.3 Å². The Hall–Kier alpha value is -1.63. The van der Waals surface area contributed by atoms with Gasteiger partial charge in [-0.2, -0.15) is 0 Å². The maximum atomic E-state index is 11.2. The third-order valence-corrected chi connectivity index (χ3v) is 2.14. The second kappa shape index (κ2) is 5.45. The molecule has 1 atom stereocenters. The van der Waals surface area contributed by atoms with Gasteiger partial charge in [-0.15, -0.1) is 0 Å². The second-order valence-electron chi connectivity index (χ2n) is 3.71. The molecule has 7 nitrogen and oxygen atoms in total. The number of carbonyl (C=O) groups excluding carboxylic acids is 1. The van der Waals surface area contributed by atoms with Crippen LogP contribution >= 0.6 is 0 Å². The number of carboxylic acids is 2. The first-order chi connectivity index (χ1) is 7.49. The summed E-state index contributed by atoms with van der Waals surface area (Å²) < 4.78 is 0. The fourth-order valence-electron chi connectivity index (χ4n) is 1.14. The molecular weight excluding hydrogens is 216 g/mol. The summed E-state index contributed by atoms with van der Waals surface area (Å²) in [5.74, 6) is -3.11. The van der Waals surface area contributed by atoms with E-state index in [0.717, 1.165) is 12.8 Å². The van der Waals surface area contributed by atoms with Gasteiger partial charge in [0.1, 0.15) is 6.04 Å². The fraction of sp³-hybridized carbons (Fsp3) is 0.667. The Kier molecular flexibility index (Phi) is 4.24. The van der Waals surface area contributed by atoms with Crippen LogP contribution in [-0.2, 0) is 14.4 Å². The average Bonchev–Trinajstić information content (AvgIpc) is 2.96. The van der Waals surface area contributed by atoms with Crippen LogP contribution in [0.15, 0.2) is 0 Å². The Morgan fingerprint density at radius 3 is 2.31 bits per heavy atom. The van der Waals surface area contributed by atoms with Gasteiger partial charge in [0.2, 0.25) is 5.91 Å². The number of rotatable bonds is 7. The highest BCUT2D eigenvalue weighted by molar-refractivity contribution is 5.87. The minimum Gasteiger partial charge on any atom is -0.481 e. The van der Waals surface area contributed by atoms with Gasteiger partial charge in [0.05, 0.1) is 13.0 Å². The zero-order valence-corrected chi connectivity index (χ0v) is 8.60. The van der Waals surface area contributed by atoms with Crippen LogP contribution in [0.1, 0.15) is 19.3 Å². The molecule has 0 spiro atoms. The molecular formula is C9H14N2O5. The van der Waals surface area contributed by atoms with Crippen LogP contribution in [0, 0.1) is 0 Å². The number of nitrogens with one attached hydrogen (secondary N) is 2. The van der Waals surface area contributed by atoms with Gasteiger partial charge in [-0.25, -0.2) is 4.79 Å². The van der Waals surface area contributed by atoms with Gasteiger partial charge in [-0.3, -0.25) is 9.59 Å². The van der Waals surface area contributed by atoms with Crippen LogP contribution in [-0.4, -0.2) is 46.7 Å². The van der Waals surface area contributed by atoms with Gasteiger partial charge >= 0.3 is 11.9 Å². The summed E-state index contributed by atoms with van der Waals surface area (Å²) in [6, 6.07) is -1.03. The third-order valence-electron chi connectivity index (χ3n) is 2.14. The van der Waals surface area contributed by atoms with E-state index in [0.29, 0.717) is 6.04 Å². The molecule has 1 fully saturated rings. The van der Waals surface area contributed by atoms with Crippen LogP contribution in [0.3, 0.4) is 0 Å². The molecule has 0 heterocycles. The van der Waals surface area contributed by atoms with Crippen molar-refractivity contribution < 1.29 is 24.6 Å². The molecule has 1 aliphatic carbocycles. The molecule has 0 radical (unpaired) electrons. The SMILES string of the molecule is O=C(O)CC(NC(=O)CNC1CC1)C(=O)O. The summed E-state index contributed by atoms with van der Waals surface area (Å²) in [4.78, 5) is 32.2. The Labute approximate surface area is 91.8 Å². The molecule has 4 N–H and O–H groups in total. The first-order valence-electron chi connectivity index (χ1n) is 4.96. The number of hydrogen-bond donors (Lipinski definition) is 4. The van der Waals surface area contributed by atoms with Gasteiger partial charge < -0.3 is 20.8 Å². The van der Waals surface area contributed by atoms with E-state index in [-0.39, 0.29) is 6.54 Å². The van der Waals surface area contributed by atoms with Crippen molar-refractivity contribution in [3.8, 4) is 0 Å². The maximum absolute atomic E-state index is 11.2. The molecule has 0 aromatic heterocycles. The smallest absolute Gasteiger partial charge is 0.326 e. The van der Waals surface area contributed by atoms with Crippen molar-refractivity contribution in [3.63, 3.8) is 0 Å². The maximum Gasteiger partial charge on any atom is 0.326 e. The van der Waals surface area contributed by atoms with E-state index in [1.807, 2.05) is 0 Å². The van der Waals surface area contributed by atoms with Gasteiger partial charge in [0.15, 0.2) is 0 Å². The molecule has 0 saturated heterocycles. The topological polar surface area (TPSA) is 116 Å². The van der Waals surface area contributed by atoms with E-state index in [2.05, 4.69) is 10.6 Å². The predicted octanol–water partition coefficient (Wildman–Crippen LogP) is -1.22. The van der Waals surface area contributed by atoms with E-state index >= 15 is 0 Å². The van der Waals surface area contributed by atoms with Gasteiger partial charge in [0, 0.05) is 6.04 Å². The second-order valence-corrected chi connectivity index (χ2v) is 3.71. The summed E-state index contributed by atoms with van der Waals surface area (Å²) in [6.45, 7) is 0.0219. The third kappa shape index (κ3) is 4.74. The Morgan fingerprint density at radius 2 is 1.88 bits per heavy atom. The van der Waals surface area contributed by atoms with Crippen molar-refractivity contribution in [3.05, 3.63) is 0 Å². The Bertz CT molecular complexity index is 300. The number of hydrogen-bond acceptors (Lipinski definition) is 4. The lowest BCUT2D eigenvalue weighted by molar-refractivity contribution is -0.147. The molecule has 16 heavy (non-hydrogen) atoms. The fourth-order valence-corrected chi connectivity index (χ4v) is 1.14. The summed E-state index contributed by atoms with van der Waals surface area (Å²) >= 11 is 0. The largest absolute Gasteiger partial charge is 0.481 e. The van der Waals surface area contributed by atoms with E-state index in [1.165, 1.54) is 0 Å². The molecule has 1 unspecified atom stereocenters. The first-order valence-corrected chi connectivity index (χ1v) is 4.96. The number of aliphatic carboxylic acids is 2. The van der Waals surface area contributed by atoms with Crippen LogP contribution in [0.4, 0.5) is 0 Å². The average molecular weight is 230 g/mol. The van der Waals surface area contributed by atoms with Gasteiger partial charge in [-0.05, 0) is 12.8 Å². The number of amides is 1. The normalized spacial score (nSPS) is 16.5. The van der Waals surface area contributed by atoms with Crippen molar-refractivity contribution in [1.82, 2.24) is 10.6 Å². The van der Waals surface area contributed by atoms with Crippen LogP contribution in [0.25, 0.3) is 0 Å². The Morgan fingerprint density at radius 1 is 1.25 bits per heavy atom. The molecule has 0 bridgehead atoms. The van der Waals surface area contributed by atoms with E-state index < -0.39 is 30.3 Å². The summed E-state index contributed by atoms with van der Waals surface area (Å²) in [5.41, 5.74) is 0. The zero-order chi connectivity index (χ0) is 12.1. The zero-order valence-electron chi connectivity index (χ0n) is 8.60. The minimum absolute atomic E-state index is 0.0219. The molecule has 0 aliphatic heterocycles. The molecule has 1 amide bonds. The first kappa shape index (κ1) is 12.4. The van der Waals surface area contributed by atoms with Crippen molar-refractivity contribution in [2.24, 2.45) is 0 Å². The standard InChI is InChI=1S/C9H14N2O5/c12-7(4-10-5-1-2-5)11-6(9(15)16)3-8(13)14/h5-6,10H,1-4H2,(H,11,12)(H,13,14)(H,15,16). The molecule has 1 rings (SSSR count). The molecule has 1 saturated carbocycles. The monoisotopic (exact) mass is 230 g/mol. The van der Waals surface area contributed by atoms with E-state index in [9.17, 15) is 14.4 Å². The molecule has 0 aromatic rings. The highest BCUT2D eigenvalue weighted by atomic mass is 16.4. The predicted molar refractivity (Wildman–Crippen MR) is 52.8 cm³/mol. The molecule has 7 heteroatoms. The summed E-state index contributed by atoms with van der Waals surface area (Å²) in [5, 5.41) is 22.2. The van der Waals surface area contributed by atoms with Crippen molar-refractivity contribution >= 4 is 17.8 Å². The summed E-state index contributed by atoms with van der Waals surface area (Å²) in [7, 11) is 0. The number of carboxylic acid groups (broad SMARTS) is 2. The highest BCUT2D eigenvalue weighted by Crippen LogP contribution is 2.17. The lowest BCUT2D eigenvalue weighted by Gasteiger charge is -2.12. The van der Waals surface area contributed by atoms with Crippen LogP contribution in [0.5, 0.6) is 0 Å². The lowest BCUT2D eigenvalue weighted by atomic mass is 10.2. The van der Waals surface area contributed by atoms with Crippen molar-refractivity contribution in [1.29, 1.82) is 0 Å².